The zero-order chi connectivity index (χ0) is 13.2. The van der Waals surface area contributed by atoms with Gasteiger partial charge in [0.05, 0.1) is 0 Å². The Labute approximate surface area is 127 Å². The summed E-state index contributed by atoms with van der Waals surface area (Å²) in [5.41, 5.74) is 1.73. The van der Waals surface area contributed by atoms with Crippen molar-refractivity contribution in [3.05, 3.63) is 27.1 Å². The second-order valence-corrected chi connectivity index (χ2v) is 7.83. The van der Waals surface area contributed by atoms with Crippen LogP contribution in [0.25, 0.3) is 0 Å². The minimum absolute atomic E-state index is 0.521. The second-order valence-electron chi connectivity index (χ2n) is 6.06. The molecule has 1 fully saturated rings. The molecule has 1 aliphatic rings. The van der Waals surface area contributed by atoms with Crippen LogP contribution in [0, 0.1) is 5.41 Å². The van der Waals surface area contributed by atoms with E-state index in [1.807, 2.05) is 0 Å². The average molecular weight is 375 g/mol. The zero-order valence-electron chi connectivity index (χ0n) is 11.1. The highest BCUT2D eigenvalue weighted by atomic mass is 79.9. The second kappa shape index (κ2) is 5.96. The molecule has 1 nitrogen and oxygen atoms in total. The number of hydrogen-bond donors (Lipinski definition) is 1. The lowest BCUT2D eigenvalue weighted by Crippen LogP contribution is -2.19. The Morgan fingerprint density at radius 3 is 2.67 bits per heavy atom. The van der Waals surface area contributed by atoms with Crippen molar-refractivity contribution in [2.75, 3.05) is 5.32 Å². The van der Waals surface area contributed by atoms with E-state index in [9.17, 15) is 0 Å². The highest BCUT2D eigenvalue weighted by Gasteiger charge is 2.24. The fourth-order valence-electron chi connectivity index (χ4n) is 2.63. The highest BCUT2D eigenvalue weighted by molar-refractivity contribution is 9.11. The SMILES string of the molecule is CC1(C)CCCC(Nc2ccc(Br)cc2Br)CC1. The molecule has 0 bridgehead atoms. The molecular weight excluding hydrogens is 354 g/mol. The van der Waals surface area contributed by atoms with E-state index in [1.54, 1.807) is 0 Å². The van der Waals surface area contributed by atoms with Crippen LogP contribution in [0.15, 0.2) is 27.1 Å². The maximum Gasteiger partial charge on any atom is 0.0487 e. The van der Waals surface area contributed by atoms with E-state index < -0.39 is 0 Å². The summed E-state index contributed by atoms with van der Waals surface area (Å²) in [4.78, 5) is 0. The topological polar surface area (TPSA) is 12.0 Å². The van der Waals surface area contributed by atoms with Gasteiger partial charge >= 0.3 is 0 Å². The lowest BCUT2D eigenvalue weighted by molar-refractivity contribution is 0.313. The molecule has 0 heterocycles. The third-order valence-corrected chi connectivity index (χ3v) is 5.02. The first-order valence-corrected chi connectivity index (χ1v) is 8.26. The lowest BCUT2D eigenvalue weighted by Gasteiger charge is -2.22. The maximum absolute atomic E-state index is 3.69. The Morgan fingerprint density at radius 1 is 1.17 bits per heavy atom. The number of hydrogen-bond acceptors (Lipinski definition) is 1. The van der Waals surface area contributed by atoms with Gasteiger partial charge in [0, 0.05) is 20.7 Å². The number of nitrogens with one attached hydrogen (secondary N) is 1. The summed E-state index contributed by atoms with van der Waals surface area (Å²) in [5.74, 6) is 0. The largest absolute Gasteiger partial charge is 0.381 e. The third kappa shape index (κ3) is 3.99. The van der Waals surface area contributed by atoms with Crippen LogP contribution in [0.4, 0.5) is 5.69 Å². The van der Waals surface area contributed by atoms with Crippen molar-refractivity contribution >= 4 is 37.5 Å². The van der Waals surface area contributed by atoms with Crippen molar-refractivity contribution < 1.29 is 0 Å². The summed E-state index contributed by atoms with van der Waals surface area (Å²) in [6.45, 7) is 4.79. The lowest BCUT2D eigenvalue weighted by atomic mass is 9.85. The molecule has 1 aliphatic carbocycles. The Balaban J connectivity index is 2.01. The van der Waals surface area contributed by atoms with Crippen molar-refractivity contribution in [2.24, 2.45) is 5.41 Å². The fourth-order valence-corrected chi connectivity index (χ4v) is 3.79. The summed E-state index contributed by atoms with van der Waals surface area (Å²) in [7, 11) is 0. The van der Waals surface area contributed by atoms with Crippen LogP contribution in [0.1, 0.15) is 46.0 Å². The smallest absolute Gasteiger partial charge is 0.0487 e. The molecule has 0 radical (unpaired) electrons. The van der Waals surface area contributed by atoms with Crippen molar-refractivity contribution in [1.29, 1.82) is 0 Å². The molecule has 1 aromatic carbocycles. The van der Waals surface area contributed by atoms with Gasteiger partial charge in [0.15, 0.2) is 0 Å². The van der Waals surface area contributed by atoms with Gasteiger partial charge in [0.2, 0.25) is 0 Å². The van der Waals surface area contributed by atoms with E-state index in [4.69, 9.17) is 0 Å². The first-order valence-electron chi connectivity index (χ1n) is 6.68. The first kappa shape index (κ1) is 14.4. The molecule has 1 saturated carbocycles. The van der Waals surface area contributed by atoms with Crippen LogP contribution >= 0.6 is 31.9 Å². The molecular formula is C15H21Br2N. The molecule has 0 saturated heterocycles. The van der Waals surface area contributed by atoms with E-state index in [-0.39, 0.29) is 0 Å². The summed E-state index contributed by atoms with van der Waals surface area (Å²) < 4.78 is 2.25. The molecule has 0 spiro atoms. The summed E-state index contributed by atoms with van der Waals surface area (Å²) in [5, 5.41) is 3.69. The van der Waals surface area contributed by atoms with Crippen LogP contribution in [-0.4, -0.2) is 6.04 Å². The number of rotatable bonds is 2. The van der Waals surface area contributed by atoms with Gasteiger partial charge in [-0.2, -0.15) is 0 Å². The van der Waals surface area contributed by atoms with Crippen molar-refractivity contribution in [1.82, 2.24) is 0 Å². The van der Waals surface area contributed by atoms with Crippen LogP contribution in [0.5, 0.6) is 0 Å². The highest BCUT2D eigenvalue weighted by Crippen LogP contribution is 2.35. The number of benzene rings is 1. The molecule has 1 atom stereocenters. The molecule has 1 aromatic rings. The predicted octanol–water partition coefficient (Wildman–Crippen LogP) is 5.98. The normalized spacial score (nSPS) is 23.4. The van der Waals surface area contributed by atoms with Crippen LogP contribution < -0.4 is 5.32 Å². The van der Waals surface area contributed by atoms with Gasteiger partial charge in [-0.3, -0.25) is 0 Å². The van der Waals surface area contributed by atoms with E-state index in [1.165, 1.54) is 37.8 Å². The predicted molar refractivity (Wildman–Crippen MR) is 86.1 cm³/mol. The standard InChI is InChI=1S/C15H21Br2N/c1-15(2)8-3-4-12(7-9-15)18-14-6-5-11(16)10-13(14)17/h5-6,10,12,18H,3-4,7-9H2,1-2H3. The third-order valence-electron chi connectivity index (χ3n) is 3.87. The summed E-state index contributed by atoms with van der Waals surface area (Å²) in [6.07, 6.45) is 6.56. The molecule has 3 heteroatoms. The van der Waals surface area contributed by atoms with Gasteiger partial charge in [-0.25, -0.2) is 0 Å². The maximum atomic E-state index is 3.69. The van der Waals surface area contributed by atoms with E-state index in [0.29, 0.717) is 11.5 Å². The molecule has 0 amide bonds. The van der Waals surface area contributed by atoms with Crippen molar-refractivity contribution in [3.63, 3.8) is 0 Å². The molecule has 0 aromatic heterocycles. The van der Waals surface area contributed by atoms with Gasteiger partial charge in [-0.05, 0) is 65.2 Å². The Bertz CT molecular complexity index is 415. The van der Waals surface area contributed by atoms with Gasteiger partial charge in [-0.1, -0.05) is 36.2 Å². The average Bonchev–Trinajstić information content (AvgIpc) is 2.44. The molecule has 1 N–H and O–H groups in total. The summed E-state index contributed by atoms with van der Waals surface area (Å²) in [6, 6.07) is 6.95. The Hall–Kier alpha value is -0.0200. The van der Waals surface area contributed by atoms with E-state index >= 15 is 0 Å². The Kier molecular flexibility index (Phi) is 4.76. The van der Waals surface area contributed by atoms with Crippen molar-refractivity contribution in [3.8, 4) is 0 Å². The van der Waals surface area contributed by atoms with Crippen LogP contribution in [-0.2, 0) is 0 Å². The molecule has 18 heavy (non-hydrogen) atoms. The quantitative estimate of drug-likeness (QED) is 0.627. The zero-order valence-corrected chi connectivity index (χ0v) is 14.3. The monoisotopic (exact) mass is 373 g/mol. The van der Waals surface area contributed by atoms with E-state index in [2.05, 4.69) is 69.2 Å². The molecule has 1 unspecified atom stereocenters. The van der Waals surface area contributed by atoms with E-state index in [0.717, 1.165) is 8.95 Å². The van der Waals surface area contributed by atoms with Gasteiger partial charge in [0.1, 0.15) is 0 Å². The van der Waals surface area contributed by atoms with Crippen LogP contribution in [0.2, 0.25) is 0 Å². The molecule has 100 valence electrons. The number of halogens is 2. The Morgan fingerprint density at radius 2 is 1.94 bits per heavy atom. The number of anilines is 1. The summed E-state index contributed by atoms with van der Waals surface area (Å²) >= 11 is 7.11. The minimum atomic E-state index is 0.521. The fraction of sp³-hybridized carbons (Fsp3) is 0.600. The van der Waals surface area contributed by atoms with Crippen LogP contribution in [0.3, 0.4) is 0 Å². The molecule has 2 rings (SSSR count). The van der Waals surface area contributed by atoms with Gasteiger partial charge in [-0.15, -0.1) is 0 Å². The van der Waals surface area contributed by atoms with Gasteiger partial charge in [0.25, 0.3) is 0 Å². The molecule has 0 aliphatic heterocycles. The van der Waals surface area contributed by atoms with Crippen molar-refractivity contribution in [2.45, 2.75) is 52.0 Å². The first-order chi connectivity index (χ1) is 8.46. The van der Waals surface area contributed by atoms with Gasteiger partial charge < -0.3 is 5.32 Å². The minimum Gasteiger partial charge on any atom is -0.381 e.